The number of benzene rings is 4. The van der Waals surface area contributed by atoms with Crippen molar-refractivity contribution in [3.05, 3.63) is 125 Å². The van der Waals surface area contributed by atoms with Gasteiger partial charge in [0.2, 0.25) is 11.8 Å². The summed E-state index contributed by atoms with van der Waals surface area (Å²) in [5.41, 5.74) is 7.04. The third kappa shape index (κ3) is 7.88. The summed E-state index contributed by atoms with van der Waals surface area (Å²) >= 11 is 0. The van der Waals surface area contributed by atoms with Crippen LogP contribution in [-0.2, 0) is 9.59 Å². The number of imide groups is 2. The number of rotatable bonds is 12. The Morgan fingerprint density at radius 1 is 0.755 bits per heavy atom. The highest BCUT2D eigenvalue weighted by molar-refractivity contribution is 6.23. The topological polar surface area (TPSA) is 119 Å². The molecular formula is C43H44N4O6. The molecule has 1 unspecified atom stereocenters. The van der Waals surface area contributed by atoms with E-state index in [0.717, 1.165) is 96.2 Å². The number of carbonyl (C=O) groups is 4. The monoisotopic (exact) mass is 712 g/mol. The van der Waals surface area contributed by atoms with Crippen LogP contribution in [0, 0.1) is 0 Å². The number of carbonyl (C=O) groups excluding carboxylic acids is 4. The summed E-state index contributed by atoms with van der Waals surface area (Å²) in [4.78, 5) is 56.0. The van der Waals surface area contributed by atoms with E-state index in [1.807, 2.05) is 48.5 Å². The molecule has 3 heterocycles. The molecule has 0 bridgehead atoms. The first-order valence-corrected chi connectivity index (χ1v) is 18.4. The Kier molecular flexibility index (Phi) is 10.7. The van der Waals surface area contributed by atoms with Crippen molar-refractivity contribution in [1.29, 1.82) is 0 Å². The smallest absolute Gasteiger partial charge is 0.262 e. The predicted molar refractivity (Wildman–Crippen MR) is 204 cm³/mol. The molecule has 0 radical (unpaired) electrons. The largest absolute Gasteiger partial charge is 0.508 e. The predicted octanol–water partition coefficient (Wildman–Crippen LogP) is 6.14. The van der Waals surface area contributed by atoms with Gasteiger partial charge in [0, 0.05) is 38.3 Å². The zero-order valence-corrected chi connectivity index (χ0v) is 29.9. The summed E-state index contributed by atoms with van der Waals surface area (Å²) < 4.78 is 6.11. The normalized spacial score (nSPS) is 18.2. The Morgan fingerprint density at radius 3 is 2.13 bits per heavy atom. The fourth-order valence-corrected chi connectivity index (χ4v) is 7.47. The lowest BCUT2D eigenvalue weighted by Gasteiger charge is -2.36. The molecule has 4 amide bonds. The molecule has 0 aliphatic carbocycles. The average Bonchev–Trinajstić information content (AvgIpc) is 3.43. The van der Waals surface area contributed by atoms with Gasteiger partial charge >= 0.3 is 0 Å². The first-order valence-electron chi connectivity index (χ1n) is 18.4. The zero-order valence-electron chi connectivity index (χ0n) is 29.9. The van der Waals surface area contributed by atoms with Crippen LogP contribution in [0.3, 0.4) is 0 Å². The molecule has 2 N–H and O–H groups in total. The quantitative estimate of drug-likeness (QED) is 0.102. The fourth-order valence-electron chi connectivity index (χ4n) is 7.47. The van der Waals surface area contributed by atoms with E-state index >= 15 is 0 Å². The number of anilines is 1. The summed E-state index contributed by atoms with van der Waals surface area (Å²) in [5.74, 6) is -0.871. The molecule has 0 spiro atoms. The molecule has 1 atom stereocenters. The molecule has 272 valence electrons. The molecule has 0 saturated carbocycles. The van der Waals surface area contributed by atoms with E-state index in [2.05, 4.69) is 46.3 Å². The van der Waals surface area contributed by atoms with Crippen LogP contribution in [0.4, 0.5) is 5.69 Å². The molecule has 7 rings (SSSR count). The second kappa shape index (κ2) is 15.9. The molecule has 53 heavy (non-hydrogen) atoms. The van der Waals surface area contributed by atoms with Crippen LogP contribution in [0.2, 0.25) is 0 Å². The van der Waals surface area contributed by atoms with Crippen LogP contribution in [0.5, 0.6) is 11.5 Å². The van der Waals surface area contributed by atoms with Crippen molar-refractivity contribution < 1.29 is 29.0 Å². The molecule has 0 aromatic heterocycles. The highest BCUT2D eigenvalue weighted by Crippen LogP contribution is 2.34. The second-order valence-corrected chi connectivity index (χ2v) is 13.9. The number of piperazine rings is 1. The lowest BCUT2D eigenvalue weighted by atomic mass is 9.90. The third-order valence-electron chi connectivity index (χ3n) is 10.4. The molecule has 10 heteroatoms. The zero-order chi connectivity index (χ0) is 36.9. The van der Waals surface area contributed by atoms with Crippen molar-refractivity contribution >= 4 is 40.5 Å². The van der Waals surface area contributed by atoms with E-state index in [4.69, 9.17) is 4.74 Å². The first kappa shape index (κ1) is 35.7. The van der Waals surface area contributed by atoms with E-state index in [1.54, 1.807) is 24.3 Å². The molecule has 10 nitrogen and oxygen atoms in total. The van der Waals surface area contributed by atoms with Gasteiger partial charge in [-0.1, -0.05) is 54.6 Å². The van der Waals surface area contributed by atoms with Gasteiger partial charge in [-0.25, -0.2) is 0 Å². The number of nitrogens with one attached hydrogen (secondary N) is 1. The summed E-state index contributed by atoms with van der Waals surface area (Å²) in [6.45, 7) is 7.21. The highest BCUT2D eigenvalue weighted by Gasteiger charge is 2.44. The van der Waals surface area contributed by atoms with Gasteiger partial charge in [0.1, 0.15) is 17.5 Å². The maximum Gasteiger partial charge on any atom is 0.262 e. The molecule has 3 aliphatic heterocycles. The SMILES string of the molecule is C/C(=C(\c1ccc(O)cc1)c1ccc(OCCCCCN2CCN(c3ccc4c(c3)C(=O)N(C3CCC(=O)NC3=O)C4=O)CC2)cc1)c1ccccc1. The Hall–Kier alpha value is -5.74. The molecule has 4 aromatic carbocycles. The van der Waals surface area contributed by atoms with Crippen molar-refractivity contribution in [1.82, 2.24) is 15.1 Å². The Labute approximate surface area is 309 Å². The lowest BCUT2D eigenvalue weighted by molar-refractivity contribution is -0.136. The number of allylic oxidation sites excluding steroid dienone is 1. The minimum Gasteiger partial charge on any atom is -0.508 e. The van der Waals surface area contributed by atoms with E-state index in [0.29, 0.717) is 17.7 Å². The number of piperidine rings is 1. The summed E-state index contributed by atoms with van der Waals surface area (Å²) in [6, 6.07) is 30.3. The van der Waals surface area contributed by atoms with Crippen LogP contribution >= 0.6 is 0 Å². The molecular weight excluding hydrogens is 668 g/mol. The summed E-state index contributed by atoms with van der Waals surface area (Å²) in [6.07, 6.45) is 3.34. The number of ether oxygens (including phenoxy) is 1. The van der Waals surface area contributed by atoms with E-state index < -0.39 is 23.8 Å². The minimum absolute atomic E-state index is 0.0981. The van der Waals surface area contributed by atoms with Gasteiger partial charge in [-0.05, 0) is 109 Å². The van der Waals surface area contributed by atoms with Crippen LogP contribution in [0.25, 0.3) is 11.1 Å². The first-order chi connectivity index (χ1) is 25.8. The van der Waals surface area contributed by atoms with Crippen molar-refractivity contribution in [2.24, 2.45) is 0 Å². The third-order valence-corrected chi connectivity index (χ3v) is 10.4. The van der Waals surface area contributed by atoms with E-state index in [9.17, 15) is 24.3 Å². The van der Waals surface area contributed by atoms with Crippen molar-refractivity contribution in [2.45, 2.75) is 45.1 Å². The van der Waals surface area contributed by atoms with Gasteiger partial charge in [0.05, 0.1) is 17.7 Å². The summed E-state index contributed by atoms with van der Waals surface area (Å²) in [5, 5.41) is 12.1. The van der Waals surface area contributed by atoms with Crippen molar-refractivity contribution in [3.8, 4) is 11.5 Å². The molecule has 2 saturated heterocycles. The maximum absolute atomic E-state index is 13.3. The Bertz CT molecular complexity index is 2020. The number of aromatic hydroxyl groups is 1. The van der Waals surface area contributed by atoms with E-state index in [1.165, 1.54) is 0 Å². The van der Waals surface area contributed by atoms with Crippen LogP contribution in [-0.4, -0.2) is 83.9 Å². The van der Waals surface area contributed by atoms with Crippen LogP contribution < -0.4 is 15.0 Å². The lowest BCUT2D eigenvalue weighted by Crippen LogP contribution is -2.54. The number of phenolic OH excluding ortho intramolecular Hbond substituents is 1. The highest BCUT2D eigenvalue weighted by atomic mass is 16.5. The number of hydrogen-bond acceptors (Lipinski definition) is 8. The number of amides is 4. The number of unbranched alkanes of at least 4 members (excludes halogenated alkanes) is 2. The number of hydrogen-bond donors (Lipinski definition) is 2. The van der Waals surface area contributed by atoms with Crippen LogP contribution in [0.1, 0.15) is 76.4 Å². The summed E-state index contributed by atoms with van der Waals surface area (Å²) in [7, 11) is 0. The molecule has 4 aromatic rings. The van der Waals surface area contributed by atoms with Crippen molar-refractivity contribution in [2.75, 3.05) is 44.2 Å². The number of nitrogens with zero attached hydrogens (tertiary/aromatic N) is 3. The second-order valence-electron chi connectivity index (χ2n) is 13.9. The minimum atomic E-state index is -0.963. The number of fused-ring (bicyclic) bond motifs is 1. The molecule has 2 fully saturated rings. The van der Waals surface area contributed by atoms with Gasteiger partial charge in [-0.3, -0.25) is 34.3 Å². The maximum atomic E-state index is 13.3. The van der Waals surface area contributed by atoms with Crippen molar-refractivity contribution in [3.63, 3.8) is 0 Å². The van der Waals surface area contributed by atoms with Gasteiger partial charge in [0.25, 0.3) is 11.8 Å². The standard InChI is InChI=1S/C43H44N4O6/c1-29(30-8-4-2-5-9-30)40(31-10-15-34(48)16-11-31)32-12-17-35(18-13-32)53-27-7-3-6-22-45-23-25-46(26-24-45)33-14-19-36-37(28-33)43(52)47(42(36)51)38-20-21-39(49)44-41(38)50/h2,4-5,8-19,28,38,48H,3,6-7,20-27H2,1H3,(H,44,49,50)/b40-29-. The fraction of sp³-hybridized carbons (Fsp3) is 0.302. The Balaban J connectivity index is 0.855. The van der Waals surface area contributed by atoms with Crippen LogP contribution in [0.15, 0.2) is 97.1 Å². The van der Waals surface area contributed by atoms with Gasteiger partial charge < -0.3 is 14.7 Å². The average molecular weight is 713 g/mol. The van der Waals surface area contributed by atoms with Gasteiger partial charge in [0.15, 0.2) is 0 Å². The Morgan fingerprint density at radius 2 is 1.43 bits per heavy atom. The van der Waals surface area contributed by atoms with E-state index in [-0.39, 0.29) is 24.5 Å². The molecule has 3 aliphatic rings. The van der Waals surface area contributed by atoms with Gasteiger partial charge in [-0.15, -0.1) is 0 Å². The number of phenols is 1. The van der Waals surface area contributed by atoms with Gasteiger partial charge in [-0.2, -0.15) is 0 Å².